The van der Waals surface area contributed by atoms with Gasteiger partial charge >= 0.3 is 0 Å². The van der Waals surface area contributed by atoms with Crippen LogP contribution in [0.15, 0.2) is 60.8 Å². The number of aromatic amines is 1. The first-order valence-corrected chi connectivity index (χ1v) is 9.92. The maximum absolute atomic E-state index is 12.9. The Bertz CT molecular complexity index is 1130. The average molecular weight is 386 g/mol. The van der Waals surface area contributed by atoms with E-state index >= 15 is 0 Å². The molecule has 0 unspecified atom stereocenters. The van der Waals surface area contributed by atoms with Crippen LogP contribution in [-0.2, 0) is 0 Å². The molecule has 1 saturated carbocycles. The minimum atomic E-state index is -0.175. The van der Waals surface area contributed by atoms with Crippen molar-refractivity contribution in [1.82, 2.24) is 14.8 Å². The number of nitrogens with zero attached hydrogens (tertiary/aromatic N) is 2. The molecular formula is C23H22N4O2. The van der Waals surface area contributed by atoms with Crippen molar-refractivity contribution in [2.75, 3.05) is 5.73 Å². The summed E-state index contributed by atoms with van der Waals surface area (Å²) in [7, 11) is 0. The molecule has 0 radical (unpaired) electrons. The van der Waals surface area contributed by atoms with Crippen LogP contribution in [0.1, 0.15) is 41.7 Å². The van der Waals surface area contributed by atoms with Crippen molar-refractivity contribution in [2.24, 2.45) is 0 Å². The number of nitrogens with two attached hydrogens (primary N) is 1. The summed E-state index contributed by atoms with van der Waals surface area (Å²) >= 11 is 0. The van der Waals surface area contributed by atoms with Gasteiger partial charge in [0.1, 0.15) is 11.6 Å². The Morgan fingerprint density at radius 2 is 1.86 bits per heavy atom. The van der Waals surface area contributed by atoms with Crippen molar-refractivity contribution in [3.63, 3.8) is 0 Å². The summed E-state index contributed by atoms with van der Waals surface area (Å²) in [6, 6.07) is 17.3. The topological polar surface area (TPSA) is 85.9 Å². The van der Waals surface area contributed by atoms with Crippen LogP contribution in [0.4, 0.5) is 5.82 Å². The lowest BCUT2D eigenvalue weighted by molar-refractivity contribution is 0.103. The van der Waals surface area contributed by atoms with E-state index in [0.29, 0.717) is 23.2 Å². The van der Waals surface area contributed by atoms with Crippen LogP contribution in [0.5, 0.6) is 5.75 Å². The van der Waals surface area contributed by atoms with Gasteiger partial charge in [-0.3, -0.25) is 4.79 Å². The van der Waals surface area contributed by atoms with E-state index in [-0.39, 0.29) is 5.78 Å². The first kappa shape index (κ1) is 17.6. The first-order valence-electron chi connectivity index (χ1n) is 9.92. The fraction of sp³-hybridized carbons (Fsp3) is 0.217. The molecule has 0 atom stereocenters. The van der Waals surface area contributed by atoms with Gasteiger partial charge in [0.25, 0.3) is 0 Å². The summed E-state index contributed by atoms with van der Waals surface area (Å²) in [5.41, 5.74) is 8.85. The maximum Gasteiger partial charge on any atom is 0.214 e. The van der Waals surface area contributed by atoms with E-state index in [1.54, 1.807) is 4.68 Å². The summed E-state index contributed by atoms with van der Waals surface area (Å²) < 4.78 is 7.59. The number of fused-ring (bicyclic) bond motifs is 1. The van der Waals surface area contributed by atoms with Crippen LogP contribution in [0.3, 0.4) is 0 Å². The Kier molecular flexibility index (Phi) is 4.31. The third kappa shape index (κ3) is 3.27. The quantitative estimate of drug-likeness (QED) is 0.495. The molecule has 0 spiro atoms. The zero-order valence-corrected chi connectivity index (χ0v) is 16.0. The van der Waals surface area contributed by atoms with Crippen LogP contribution < -0.4 is 10.5 Å². The van der Waals surface area contributed by atoms with Gasteiger partial charge < -0.3 is 15.5 Å². The zero-order valence-electron chi connectivity index (χ0n) is 16.0. The van der Waals surface area contributed by atoms with Crippen molar-refractivity contribution in [3.05, 3.63) is 72.1 Å². The zero-order chi connectivity index (χ0) is 19.8. The molecule has 2 aromatic carbocycles. The molecular weight excluding hydrogens is 364 g/mol. The average Bonchev–Trinajstić information content (AvgIpc) is 3.48. The predicted molar refractivity (Wildman–Crippen MR) is 113 cm³/mol. The number of nitrogens with one attached hydrogen (secondary N) is 1. The lowest BCUT2D eigenvalue weighted by Crippen LogP contribution is -2.11. The number of carbonyl (C=O) groups excluding carboxylic acids is 1. The highest BCUT2D eigenvalue weighted by Gasteiger charge is 2.20. The number of hydrogen-bond donors (Lipinski definition) is 2. The van der Waals surface area contributed by atoms with Crippen molar-refractivity contribution >= 4 is 22.5 Å². The Labute approximate surface area is 168 Å². The molecule has 146 valence electrons. The van der Waals surface area contributed by atoms with Crippen LogP contribution in [-0.4, -0.2) is 26.7 Å². The van der Waals surface area contributed by atoms with Crippen LogP contribution in [0, 0.1) is 0 Å². The molecule has 0 bridgehead atoms. The molecule has 0 saturated heterocycles. The number of hydrogen-bond acceptors (Lipinski definition) is 4. The summed E-state index contributed by atoms with van der Waals surface area (Å²) in [6.07, 6.45) is 6.54. The number of para-hydroxylation sites is 1. The lowest BCUT2D eigenvalue weighted by Gasteiger charge is -2.13. The standard InChI is InChI=1S/C23H22N4O2/c24-23-19(22(28)21-13-15-5-1-4-8-20(15)26-21)14-25-27(23)16-9-11-18(12-10-16)29-17-6-2-3-7-17/h1,4-5,8-14,17,26H,2-3,6-7,24H2. The van der Waals surface area contributed by atoms with Gasteiger partial charge in [-0.15, -0.1) is 0 Å². The van der Waals surface area contributed by atoms with Crippen molar-refractivity contribution in [1.29, 1.82) is 0 Å². The molecule has 6 heteroatoms. The Hall–Kier alpha value is -3.54. The minimum absolute atomic E-state index is 0.175. The van der Waals surface area contributed by atoms with E-state index < -0.39 is 0 Å². The molecule has 2 heterocycles. The fourth-order valence-electron chi connectivity index (χ4n) is 3.94. The van der Waals surface area contributed by atoms with Gasteiger partial charge in [0.05, 0.1) is 29.2 Å². The largest absolute Gasteiger partial charge is 0.490 e. The number of nitrogen functional groups attached to an aromatic ring is 1. The lowest BCUT2D eigenvalue weighted by atomic mass is 10.1. The number of H-pyrrole nitrogens is 1. The highest BCUT2D eigenvalue weighted by molar-refractivity contribution is 6.12. The first-order chi connectivity index (χ1) is 14.2. The monoisotopic (exact) mass is 386 g/mol. The third-order valence-corrected chi connectivity index (χ3v) is 5.51. The van der Waals surface area contributed by atoms with Crippen LogP contribution >= 0.6 is 0 Å². The van der Waals surface area contributed by atoms with E-state index in [2.05, 4.69) is 10.1 Å². The van der Waals surface area contributed by atoms with Crippen molar-refractivity contribution < 1.29 is 9.53 Å². The summed E-state index contributed by atoms with van der Waals surface area (Å²) in [6.45, 7) is 0. The third-order valence-electron chi connectivity index (χ3n) is 5.51. The molecule has 3 N–H and O–H groups in total. The number of anilines is 1. The second-order valence-corrected chi connectivity index (χ2v) is 7.47. The Balaban J connectivity index is 1.39. The van der Waals surface area contributed by atoms with Gasteiger partial charge in [0.15, 0.2) is 0 Å². The highest BCUT2D eigenvalue weighted by Crippen LogP contribution is 2.26. The van der Waals surface area contributed by atoms with Gasteiger partial charge in [0.2, 0.25) is 5.78 Å². The van der Waals surface area contributed by atoms with Gasteiger partial charge in [-0.25, -0.2) is 4.68 Å². The highest BCUT2D eigenvalue weighted by atomic mass is 16.5. The number of ether oxygens (including phenoxy) is 1. The number of ketones is 1. The number of benzene rings is 2. The van der Waals surface area contributed by atoms with Gasteiger partial charge in [-0.1, -0.05) is 18.2 Å². The maximum atomic E-state index is 12.9. The fourth-order valence-corrected chi connectivity index (χ4v) is 3.94. The molecule has 0 aliphatic heterocycles. The van der Waals surface area contributed by atoms with Gasteiger partial charge in [-0.05, 0) is 62.1 Å². The molecule has 1 aliphatic carbocycles. The molecule has 2 aromatic heterocycles. The molecule has 1 fully saturated rings. The van der Waals surface area contributed by atoms with Crippen LogP contribution in [0.2, 0.25) is 0 Å². The summed E-state index contributed by atoms with van der Waals surface area (Å²) in [5.74, 6) is 0.991. The van der Waals surface area contributed by atoms with Crippen molar-refractivity contribution in [3.8, 4) is 11.4 Å². The Morgan fingerprint density at radius 3 is 2.62 bits per heavy atom. The molecule has 29 heavy (non-hydrogen) atoms. The van der Waals surface area contributed by atoms with E-state index in [1.165, 1.54) is 19.0 Å². The second kappa shape index (κ2) is 7.13. The van der Waals surface area contributed by atoms with E-state index in [9.17, 15) is 4.79 Å². The summed E-state index contributed by atoms with van der Waals surface area (Å²) in [5, 5.41) is 5.32. The molecule has 4 aromatic rings. The van der Waals surface area contributed by atoms with E-state index in [0.717, 1.165) is 35.2 Å². The van der Waals surface area contributed by atoms with E-state index in [1.807, 2.05) is 54.6 Å². The Morgan fingerprint density at radius 1 is 1.10 bits per heavy atom. The second-order valence-electron chi connectivity index (χ2n) is 7.47. The molecule has 6 nitrogen and oxygen atoms in total. The van der Waals surface area contributed by atoms with Crippen molar-refractivity contribution in [2.45, 2.75) is 31.8 Å². The number of carbonyl (C=O) groups is 1. The molecule has 5 rings (SSSR count). The SMILES string of the molecule is Nc1c(C(=O)c2cc3ccccc3[nH]2)cnn1-c1ccc(OC2CCCC2)cc1. The normalized spacial score (nSPS) is 14.5. The van der Waals surface area contributed by atoms with Gasteiger partial charge in [0, 0.05) is 10.9 Å². The minimum Gasteiger partial charge on any atom is -0.490 e. The molecule has 1 aliphatic rings. The van der Waals surface area contributed by atoms with Gasteiger partial charge in [-0.2, -0.15) is 5.10 Å². The van der Waals surface area contributed by atoms with Crippen LogP contribution in [0.25, 0.3) is 16.6 Å². The smallest absolute Gasteiger partial charge is 0.214 e. The number of rotatable bonds is 5. The predicted octanol–water partition coefficient (Wildman–Crippen LogP) is 4.49. The molecule has 0 amide bonds. The van der Waals surface area contributed by atoms with E-state index in [4.69, 9.17) is 10.5 Å². The summed E-state index contributed by atoms with van der Waals surface area (Å²) in [4.78, 5) is 16.1. The number of aromatic nitrogens is 3.